The smallest absolute Gasteiger partial charge is 0.191 e. The first-order valence-electron chi connectivity index (χ1n) is 9.65. The lowest BCUT2D eigenvalue weighted by molar-refractivity contribution is 0.698. The van der Waals surface area contributed by atoms with E-state index in [1.807, 2.05) is 7.05 Å². The van der Waals surface area contributed by atoms with Gasteiger partial charge in [-0.3, -0.25) is 4.99 Å². The fourth-order valence-electron chi connectivity index (χ4n) is 3.18. The van der Waals surface area contributed by atoms with E-state index < -0.39 is 0 Å². The number of nitrogens with zero attached hydrogens (tertiary/aromatic N) is 2. The second-order valence-electron chi connectivity index (χ2n) is 7.16. The van der Waals surface area contributed by atoms with Crippen molar-refractivity contribution in [3.05, 3.63) is 77.4 Å². The number of rotatable bonds is 6. The summed E-state index contributed by atoms with van der Waals surface area (Å²) in [7, 11) is 1.81. The maximum absolute atomic E-state index is 4.34. The molecule has 0 fully saturated rings. The highest BCUT2D eigenvalue weighted by Gasteiger charge is 2.08. The van der Waals surface area contributed by atoms with Gasteiger partial charge in [0.25, 0.3) is 0 Å². The van der Waals surface area contributed by atoms with Crippen molar-refractivity contribution in [3.8, 4) is 0 Å². The molecule has 3 rings (SSSR count). The molecule has 0 amide bonds. The van der Waals surface area contributed by atoms with Crippen LogP contribution in [0.25, 0.3) is 0 Å². The monoisotopic (exact) mass is 362 g/mol. The molecule has 2 aromatic carbocycles. The zero-order chi connectivity index (χ0) is 19.1. The number of hydrogen-bond donors (Lipinski definition) is 2. The molecule has 1 atom stereocenters. The van der Waals surface area contributed by atoms with Crippen molar-refractivity contribution in [1.29, 1.82) is 0 Å². The Morgan fingerprint density at radius 3 is 2.30 bits per heavy atom. The van der Waals surface area contributed by atoms with Crippen LogP contribution in [0.3, 0.4) is 0 Å². The fraction of sp³-hybridized carbons (Fsp3) is 0.348. The van der Waals surface area contributed by atoms with Gasteiger partial charge in [0, 0.05) is 38.9 Å². The summed E-state index contributed by atoms with van der Waals surface area (Å²) < 4.78 is 0. The zero-order valence-electron chi connectivity index (χ0n) is 16.6. The first kappa shape index (κ1) is 19.0. The van der Waals surface area contributed by atoms with Crippen LogP contribution in [0, 0.1) is 6.92 Å². The van der Waals surface area contributed by atoms with Gasteiger partial charge >= 0.3 is 0 Å². The maximum Gasteiger partial charge on any atom is 0.191 e. The van der Waals surface area contributed by atoms with Crippen molar-refractivity contribution in [2.45, 2.75) is 26.3 Å². The van der Waals surface area contributed by atoms with Crippen LogP contribution in [-0.4, -0.2) is 32.6 Å². The number of guanidine groups is 1. The third-order valence-corrected chi connectivity index (χ3v) is 5.03. The van der Waals surface area contributed by atoms with Crippen LogP contribution >= 0.6 is 0 Å². The number of aryl methyl sites for hydroxylation is 1. The minimum Gasteiger partial charge on any atom is -0.364 e. The standard InChI is InChI=1S/C23H30N4/c1-18-6-10-21(11-7-18)19(2)16-25-23(24-3)26-17-20-8-12-22(13-9-20)27-14-4-5-15-27/h4-13,19H,14-17H2,1-3H3,(H2,24,25,26). The first-order chi connectivity index (χ1) is 13.2. The van der Waals surface area contributed by atoms with Crippen LogP contribution in [0.1, 0.15) is 29.5 Å². The van der Waals surface area contributed by atoms with Gasteiger partial charge in [-0.1, -0.05) is 61.0 Å². The molecule has 4 nitrogen and oxygen atoms in total. The zero-order valence-corrected chi connectivity index (χ0v) is 16.6. The van der Waals surface area contributed by atoms with E-state index in [1.165, 1.54) is 22.4 Å². The Morgan fingerprint density at radius 1 is 1.00 bits per heavy atom. The average Bonchev–Trinajstić information content (AvgIpc) is 3.24. The topological polar surface area (TPSA) is 39.7 Å². The Kier molecular flexibility index (Phi) is 6.53. The largest absolute Gasteiger partial charge is 0.364 e. The number of nitrogens with one attached hydrogen (secondary N) is 2. The van der Waals surface area contributed by atoms with Crippen LogP contribution in [-0.2, 0) is 6.54 Å². The van der Waals surface area contributed by atoms with Gasteiger partial charge in [-0.25, -0.2) is 0 Å². The molecular formula is C23H30N4. The summed E-state index contributed by atoms with van der Waals surface area (Å²) in [5.74, 6) is 1.26. The van der Waals surface area contributed by atoms with E-state index in [0.29, 0.717) is 5.92 Å². The summed E-state index contributed by atoms with van der Waals surface area (Å²) in [6, 6.07) is 17.5. The quantitative estimate of drug-likeness (QED) is 0.466. The molecule has 1 unspecified atom stereocenters. The lowest BCUT2D eigenvalue weighted by Crippen LogP contribution is -2.38. The third kappa shape index (κ3) is 5.36. The van der Waals surface area contributed by atoms with Crippen LogP contribution in [0.5, 0.6) is 0 Å². The molecule has 0 aliphatic carbocycles. The van der Waals surface area contributed by atoms with E-state index in [9.17, 15) is 0 Å². The lowest BCUT2D eigenvalue weighted by atomic mass is 10.0. The fourth-order valence-corrected chi connectivity index (χ4v) is 3.18. The Bertz CT molecular complexity index is 767. The van der Waals surface area contributed by atoms with Crippen LogP contribution in [0.15, 0.2) is 65.7 Å². The van der Waals surface area contributed by atoms with Crippen molar-refractivity contribution in [1.82, 2.24) is 10.6 Å². The lowest BCUT2D eigenvalue weighted by Gasteiger charge is -2.18. The summed E-state index contributed by atoms with van der Waals surface area (Å²) in [6.45, 7) is 7.98. The summed E-state index contributed by atoms with van der Waals surface area (Å²) in [4.78, 5) is 6.69. The molecule has 0 saturated carbocycles. The van der Waals surface area contributed by atoms with Gasteiger partial charge in [0.05, 0.1) is 0 Å². The molecule has 0 saturated heterocycles. The summed E-state index contributed by atoms with van der Waals surface area (Å²) in [6.07, 6.45) is 4.42. The molecule has 2 N–H and O–H groups in total. The molecule has 0 spiro atoms. The van der Waals surface area contributed by atoms with E-state index in [4.69, 9.17) is 0 Å². The van der Waals surface area contributed by atoms with Crippen molar-refractivity contribution >= 4 is 11.6 Å². The second kappa shape index (κ2) is 9.26. The normalized spacial score (nSPS) is 15.1. The molecule has 2 aromatic rings. The van der Waals surface area contributed by atoms with E-state index in [2.05, 4.69) is 95.1 Å². The second-order valence-corrected chi connectivity index (χ2v) is 7.16. The van der Waals surface area contributed by atoms with Gasteiger partial charge in [-0.05, 0) is 36.1 Å². The molecule has 0 radical (unpaired) electrons. The van der Waals surface area contributed by atoms with Gasteiger partial charge in [-0.2, -0.15) is 0 Å². The highest BCUT2D eigenvalue weighted by Crippen LogP contribution is 2.17. The predicted octanol–water partition coefficient (Wildman–Crippen LogP) is 3.84. The van der Waals surface area contributed by atoms with E-state index in [0.717, 1.165) is 32.1 Å². The summed E-state index contributed by atoms with van der Waals surface area (Å²) >= 11 is 0. The van der Waals surface area contributed by atoms with E-state index >= 15 is 0 Å². The third-order valence-electron chi connectivity index (χ3n) is 5.03. The Balaban J connectivity index is 1.46. The Hall–Kier alpha value is -2.75. The number of aliphatic imine (C=N–C) groups is 1. The number of anilines is 1. The van der Waals surface area contributed by atoms with E-state index in [-0.39, 0.29) is 0 Å². The first-order valence-corrected chi connectivity index (χ1v) is 9.65. The van der Waals surface area contributed by atoms with Gasteiger partial charge in [0.2, 0.25) is 0 Å². The van der Waals surface area contributed by atoms with Crippen molar-refractivity contribution in [2.75, 3.05) is 31.6 Å². The number of benzene rings is 2. The van der Waals surface area contributed by atoms with Gasteiger partial charge in [0.1, 0.15) is 0 Å². The van der Waals surface area contributed by atoms with Crippen LogP contribution < -0.4 is 15.5 Å². The molecule has 0 aromatic heterocycles. The average molecular weight is 363 g/mol. The highest BCUT2D eigenvalue weighted by molar-refractivity contribution is 5.79. The predicted molar refractivity (Wildman–Crippen MR) is 116 cm³/mol. The Labute approximate surface area is 163 Å². The van der Waals surface area contributed by atoms with Crippen LogP contribution in [0.2, 0.25) is 0 Å². The molecular weight excluding hydrogens is 332 g/mol. The SMILES string of the molecule is CN=C(NCc1ccc(N2CC=CC2)cc1)NCC(C)c1ccc(C)cc1. The minimum absolute atomic E-state index is 0.428. The number of hydrogen-bond acceptors (Lipinski definition) is 2. The van der Waals surface area contributed by atoms with Gasteiger partial charge in [0.15, 0.2) is 5.96 Å². The summed E-state index contributed by atoms with van der Waals surface area (Å²) in [5.41, 5.74) is 5.16. The van der Waals surface area contributed by atoms with Gasteiger partial charge in [-0.15, -0.1) is 0 Å². The maximum atomic E-state index is 4.34. The van der Waals surface area contributed by atoms with E-state index in [1.54, 1.807) is 0 Å². The van der Waals surface area contributed by atoms with Crippen molar-refractivity contribution in [3.63, 3.8) is 0 Å². The molecule has 1 aliphatic rings. The molecule has 1 heterocycles. The molecule has 4 heteroatoms. The Morgan fingerprint density at radius 2 is 1.67 bits per heavy atom. The van der Waals surface area contributed by atoms with Crippen molar-refractivity contribution in [2.24, 2.45) is 4.99 Å². The molecule has 1 aliphatic heterocycles. The summed E-state index contributed by atoms with van der Waals surface area (Å²) in [5, 5.41) is 6.83. The molecule has 142 valence electrons. The van der Waals surface area contributed by atoms with Gasteiger partial charge < -0.3 is 15.5 Å². The highest BCUT2D eigenvalue weighted by atomic mass is 15.2. The molecule has 27 heavy (non-hydrogen) atoms. The minimum atomic E-state index is 0.428. The molecule has 0 bridgehead atoms. The van der Waals surface area contributed by atoms with Crippen LogP contribution in [0.4, 0.5) is 5.69 Å². The van der Waals surface area contributed by atoms with Crippen molar-refractivity contribution < 1.29 is 0 Å².